The Morgan fingerprint density at radius 2 is 1.90 bits per heavy atom. The Balaban J connectivity index is 1.26. The molecule has 0 bridgehead atoms. The molecule has 0 spiro atoms. The van der Waals surface area contributed by atoms with Crippen molar-refractivity contribution in [3.63, 3.8) is 0 Å². The second-order valence-corrected chi connectivity index (χ2v) is 12.6. The van der Waals surface area contributed by atoms with E-state index in [1.54, 1.807) is 13.0 Å². The van der Waals surface area contributed by atoms with Crippen LogP contribution in [-0.4, -0.2) is 73.3 Å². The minimum absolute atomic E-state index is 0.0873. The van der Waals surface area contributed by atoms with Gasteiger partial charge in [-0.15, -0.1) is 11.3 Å². The van der Waals surface area contributed by atoms with Crippen LogP contribution in [0.2, 0.25) is 4.34 Å². The zero-order valence-electron chi connectivity index (χ0n) is 21.4. The lowest BCUT2D eigenvalue weighted by atomic mass is 10.2. The molecule has 4 heterocycles. The van der Waals surface area contributed by atoms with Crippen molar-refractivity contribution in [3.8, 4) is 5.82 Å². The normalized spacial score (nSPS) is 14.2. The molecule has 210 valence electrons. The summed E-state index contributed by atoms with van der Waals surface area (Å²) >= 11 is 6.61. The maximum atomic E-state index is 13.3. The Kier molecular flexibility index (Phi) is 8.32. The van der Waals surface area contributed by atoms with Gasteiger partial charge in [-0.25, -0.2) is 32.5 Å². The lowest BCUT2D eigenvalue weighted by Gasteiger charge is -2.26. The van der Waals surface area contributed by atoms with E-state index in [0.717, 1.165) is 56.4 Å². The van der Waals surface area contributed by atoms with Gasteiger partial charge in [-0.3, -0.25) is 9.69 Å². The fourth-order valence-electron chi connectivity index (χ4n) is 4.22. The van der Waals surface area contributed by atoms with Crippen molar-refractivity contribution in [1.82, 2.24) is 24.2 Å². The van der Waals surface area contributed by atoms with Gasteiger partial charge in [0.25, 0.3) is 15.6 Å². The quantitative estimate of drug-likeness (QED) is 0.276. The number of carbonyl (C=O) groups is 1. The fraction of sp³-hybridized carbons (Fsp3) is 0.280. The molecule has 15 heteroatoms. The molecule has 5 rings (SSSR count). The number of rotatable bonds is 8. The maximum absolute atomic E-state index is 13.3. The zero-order chi connectivity index (χ0) is 28.3. The van der Waals surface area contributed by atoms with Gasteiger partial charge in [-0.1, -0.05) is 11.6 Å². The number of morpholine rings is 1. The summed E-state index contributed by atoms with van der Waals surface area (Å²) in [5, 5.41) is 6.24. The van der Waals surface area contributed by atoms with Gasteiger partial charge in [0.05, 0.1) is 40.3 Å². The van der Waals surface area contributed by atoms with Gasteiger partial charge in [-0.2, -0.15) is 0 Å². The van der Waals surface area contributed by atoms with Gasteiger partial charge < -0.3 is 15.4 Å². The molecule has 1 aliphatic heterocycles. The number of halogens is 1. The molecule has 1 aromatic carbocycles. The second-order valence-electron chi connectivity index (χ2n) is 8.94. The SMILES string of the molecule is Cc1nc2cc(NCCN3CCOCC3)ccc2c(=O)n1-c1ccc(NC(=O)NS(=O)(=O)c2ccc(Cl)s2)cn1. The molecule has 0 atom stereocenters. The number of nitrogens with one attached hydrogen (secondary N) is 3. The number of amides is 2. The molecule has 3 aromatic heterocycles. The minimum Gasteiger partial charge on any atom is -0.384 e. The molecule has 0 radical (unpaired) electrons. The van der Waals surface area contributed by atoms with Gasteiger partial charge >= 0.3 is 6.03 Å². The van der Waals surface area contributed by atoms with Crippen LogP contribution in [0.5, 0.6) is 0 Å². The first-order valence-electron chi connectivity index (χ1n) is 12.3. The van der Waals surface area contributed by atoms with Crippen LogP contribution in [0, 0.1) is 6.92 Å². The van der Waals surface area contributed by atoms with Crippen LogP contribution in [0.3, 0.4) is 0 Å². The van der Waals surface area contributed by atoms with Crippen molar-refractivity contribution >= 4 is 61.3 Å². The number of benzene rings is 1. The molecule has 0 aliphatic carbocycles. The van der Waals surface area contributed by atoms with Gasteiger partial charge in [0.15, 0.2) is 0 Å². The van der Waals surface area contributed by atoms with Crippen LogP contribution in [0.15, 0.2) is 57.7 Å². The molecule has 1 fully saturated rings. The molecule has 1 saturated heterocycles. The van der Waals surface area contributed by atoms with E-state index in [9.17, 15) is 18.0 Å². The van der Waals surface area contributed by atoms with Crippen molar-refractivity contribution in [3.05, 3.63) is 69.2 Å². The monoisotopic (exact) mass is 603 g/mol. The molecule has 3 N–H and O–H groups in total. The van der Waals surface area contributed by atoms with Crippen LogP contribution in [0.1, 0.15) is 5.82 Å². The lowest BCUT2D eigenvalue weighted by molar-refractivity contribution is 0.0398. The average Bonchev–Trinajstić information content (AvgIpc) is 3.37. The number of ether oxygens (including phenoxy) is 1. The third-order valence-corrected chi connectivity index (χ3v) is 9.23. The van der Waals surface area contributed by atoms with Crippen molar-refractivity contribution in [2.75, 3.05) is 50.0 Å². The lowest BCUT2D eigenvalue weighted by Crippen LogP contribution is -2.39. The first-order chi connectivity index (χ1) is 19.2. The van der Waals surface area contributed by atoms with Crippen LogP contribution in [0.25, 0.3) is 16.7 Å². The summed E-state index contributed by atoms with van der Waals surface area (Å²) in [6.45, 7) is 6.72. The molecule has 12 nitrogen and oxygen atoms in total. The van der Waals surface area contributed by atoms with Crippen molar-refractivity contribution < 1.29 is 17.9 Å². The summed E-state index contributed by atoms with van der Waals surface area (Å²) in [7, 11) is -4.07. The van der Waals surface area contributed by atoms with Crippen molar-refractivity contribution in [2.45, 2.75) is 11.1 Å². The average molecular weight is 604 g/mol. The number of hydrogen-bond acceptors (Lipinski definition) is 10. The number of pyridine rings is 1. The van der Waals surface area contributed by atoms with E-state index in [1.165, 1.54) is 35.0 Å². The highest BCUT2D eigenvalue weighted by atomic mass is 35.5. The zero-order valence-corrected chi connectivity index (χ0v) is 23.8. The van der Waals surface area contributed by atoms with Gasteiger partial charge in [0.2, 0.25) is 0 Å². The van der Waals surface area contributed by atoms with E-state index in [-0.39, 0.29) is 19.8 Å². The number of thiophene rings is 1. The Morgan fingerprint density at radius 3 is 2.60 bits per heavy atom. The number of anilines is 2. The topological polar surface area (TPSA) is 148 Å². The Hall–Kier alpha value is -3.56. The van der Waals surface area contributed by atoms with E-state index in [0.29, 0.717) is 22.5 Å². The molecule has 2 amide bonds. The van der Waals surface area contributed by atoms with Gasteiger partial charge in [-0.05, 0) is 49.4 Å². The Morgan fingerprint density at radius 1 is 1.12 bits per heavy atom. The summed E-state index contributed by atoms with van der Waals surface area (Å²) in [6, 6.07) is 10.2. The van der Waals surface area contributed by atoms with E-state index in [1.807, 2.05) is 16.9 Å². The number of aromatic nitrogens is 3. The predicted octanol–water partition coefficient (Wildman–Crippen LogP) is 3.06. The summed E-state index contributed by atoms with van der Waals surface area (Å²) < 4.78 is 33.5. The number of urea groups is 1. The fourth-order valence-corrected chi connectivity index (χ4v) is 6.61. The highest BCUT2D eigenvalue weighted by molar-refractivity contribution is 7.92. The molecular formula is C25H26ClN7O5S2. The number of carbonyl (C=O) groups excluding carboxylic acids is 1. The van der Waals surface area contributed by atoms with Crippen LogP contribution in [-0.2, 0) is 14.8 Å². The number of hydrogen-bond donors (Lipinski definition) is 3. The largest absolute Gasteiger partial charge is 0.384 e. The van der Waals surface area contributed by atoms with Crippen LogP contribution >= 0.6 is 22.9 Å². The molecule has 4 aromatic rings. The second kappa shape index (κ2) is 11.9. The summed E-state index contributed by atoms with van der Waals surface area (Å²) in [5.74, 6) is 0.742. The maximum Gasteiger partial charge on any atom is 0.333 e. The van der Waals surface area contributed by atoms with E-state index < -0.39 is 16.1 Å². The van der Waals surface area contributed by atoms with Crippen molar-refractivity contribution in [1.29, 1.82) is 0 Å². The number of fused-ring (bicyclic) bond motifs is 1. The summed E-state index contributed by atoms with van der Waals surface area (Å²) in [5.41, 5.74) is 1.39. The molecular weight excluding hydrogens is 578 g/mol. The standard InChI is InChI=1S/C25H26ClN7O5S2/c1-16-29-20-14-17(27-8-9-32-10-12-38-13-11-32)2-4-19(20)24(34)33(16)22-6-3-18(15-28-22)30-25(35)31-40(36,37)23-7-5-21(26)39-23/h2-7,14-15,27H,8-13H2,1H3,(H2,30,31,35). The van der Waals surface area contributed by atoms with Gasteiger partial charge in [0.1, 0.15) is 15.9 Å². The number of aryl methyl sites for hydroxylation is 1. The molecule has 1 aliphatic rings. The molecule has 0 unspecified atom stereocenters. The third-order valence-electron chi connectivity index (χ3n) is 6.17. The third kappa shape index (κ3) is 6.42. The first kappa shape index (κ1) is 28.0. The summed E-state index contributed by atoms with van der Waals surface area (Å²) in [6.07, 6.45) is 1.32. The smallest absolute Gasteiger partial charge is 0.333 e. The van der Waals surface area contributed by atoms with E-state index >= 15 is 0 Å². The van der Waals surface area contributed by atoms with Crippen LogP contribution < -0.4 is 20.9 Å². The van der Waals surface area contributed by atoms with E-state index in [4.69, 9.17) is 16.3 Å². The molecule has 0 saturated carbocycles. The summed E-state index contributed by atoms with van der Waals surface area (Å²) in [4.78, 5) is 36.8. The predicted molar refractivity (Wildman–Crippen MR) is 154 cm³/mol. The van der Waals surface area contributed by atoms with Crippen LogP contribution in [0.4, 0.5) is 16.2 Å². The minimum atomic E-state index is -4.07. The molecule has 40 heavy (non-hydrogen) atoms. The number of sulfonamides is 1. The van der Waals surface area contributed by atoms with E-state index in [2.05, 4.69) is 25.5 Å². The Labute approximate surface area is 239 Å². The van der Waals surface area contributed by atoms with Crippen molar-refractivity contribution in [2.24, 2.45) is 0 Å². The Bertz CT molecular complexity index is 1700. The highest BCUT2D eigenvalue weighted by Gasteiger charge is 2.20. The highest BCUT2D eigenvalue weighted by Crippen LogP contribution is 2.25. The van der Waals surface area contributed by atoms with Gasteiger partial charge in [0, 0.05) is 31.9 Å². The first-order valence-corrected chi connectivity index (χ1v) is 15.0. The number of nitrogens with zero attached hydrogens (tertiary/aromatic N) is 4.